The number of nitrogens with zero attached hydrogens (tertiary/aromatic N) is 1. The molecule has 1 N–H and O–H groups in total. The highest BCUT2D eigenvalue weighted by Crippen LogP contribution is 2.21. The van der Waals surface area contributed by atoms with Crippen LogP contribution in [0.4, 0.5) is 14.5 Å². The Morgan fingerprint density at radius 2 is 2.05 bits per heavy atom. The smallest absolute Gasteiger partial charge is 0.258 e. The molecule has 1 amide bonds. The van der Waals surface area contributed by atoms with Crippen molar-refractivity contribution in [2.24, 2.45) is 0 Å². The molecule has 0 aliphatic carbocycles. The van der Waals surface area contributed by atoms with Crippen LogP contribution in [-0.4, -0.2) is 18.0 Å². The predicted molar refractivity (Wildman–Crippen MR) is 65.1 cm³/mol. The molecular formula is C13H10F2N2O2. The molecule has 6 heteroatoms. The van der Waals surface area contributed by atoms with Gasteiger partial charge in [-0.25, -0.2) is 8.78 Å². The van der Waals surface area contributed by atoms with E-state index in [1.165, 1.54) is 31.5 Å². The number of nitrogens with one attached hydrogen (secondary N) is 1. The fraction of sp³-hybridized carbons (Fsp3) is 0.0769. The largest absolute Gasteiger partial charge is 0.497 e. The first-order chi connectivity index (χ1) is 9.11. The van der Waals surface area contributed by atoms with Crippen molar-refractivity contribution >= 4 is 11.6 Å². The van der Waals surface area contributed by atoms with Crippen molar-refractivity contribution in [2.75, 3.05) is 12.4 Å². The van der Waals surface area contributed by atoms with Crippen molar-refractivity contribution in [3.8, 4) is 5.75 Å². The molecule has 0 atom stereocenters. The highest BCUT2D eigenvalue weighted by Gasteiger charge is 2.14. The van der Waals surface area contributed by atoms with Crippen LogP contribution < -0.4 is 10.1 Å². The Morgan fingerprint density at radius 1 is 1.26 bits per heavy atom. The van der Waals surface area contributed by atoms with Crippen LogP contribution in [0.25, 0.3) is 0 Å². The van der Waals surface area contributed by atoms with Gasteiger partial charge in [0.15, 0.2) is 5.82 Å². The number of carbonyl (C=O) groups excluding carboxylic acids is 1. The number of halogens is 2. The normalized spacial score (nSPS) is 10.1. The van der Waals surface area contributed by atoms with E-state index in [0.29, 0.717) is 5.75 Å². The zero-order valence-corrected chi connectivity index (χ0v) is 9.98. The summed E-state index contributed by atoms with van der Waals surface area (Å²) in [6.45, 7) is 0. The van der Waals surface area contributed by atoms with Crippen molar-refractivity contribution in [3.63, 3.8) is 0 Å². The van der Waals surface area contributed by atoms with Gasteiger partial charge in [-0.3, -0.25) is 9.78 Å². The second-order valence-corrected chi connectivity index (χ2v) is 3.66. The summed E-state index contributed by atoms with van der Waals surface area (Å²) in [5.74, 6) is -1.79. The fourth-order valence-electron chi connectivity index (χ4n) is 1.48. The van der Waals surface area contributed by atoms with Crippen LogP contribution in [0.5, 0.6) is 5.75 Å². The Balaban J connectivity index is 2.26. The van der Waals surface area contributed by atoms with Gasteiger partial charge < -0.3 is 10.1 Å². The van der Waals surface area contributed by atoms with Gasteiger partial charge in [-0.15, -0.1) is 0 Å². The van der Waals surface area contributed by atoms with Crippen LogP contribution in [0.3, 0.4) is 0 Å². The fourth-order valence-corrected chi connectivity index (χ4v) is 1.48. The van der Waals surface area contributed by atoms with Crippen LogP contribution in [0.2, 0.25) is 0 Å². The number of hydrogen-bond acceptors (Lipinski definition) is 3. The van der Waals surface area contributed by atoms with E-state index < -0.39 is 17.5 Å². The molecule has 0 saturated heterocycles. The van der Waals surface area contributed by atoms with E-state index in [0.717, 1.165) is 12.3 Å². The Bertz CT molecular complexity index is 617. The standard InChI is InChI=1S/C13H10F2N2O2/c1-19-8-2-3-10(14)12(6-8)17-13(18)9-4-5-16-7-11(9)15/h2-7H,1H3,(H,17,18). The van der Waals surface area contributed by atoms with E-state index in [1.54, 1.807) is 0 Å². The number of aromatic nitrogens is 1. The van der Waals surface area contributed by atoms with Crippen LogP contribution >= 0.6 is 0 Å². The number of carbonyl (C=O) groups is 1. The number of ether oxygens (including phenoxy) is 1. The Kier molecular flexibility index (Phi) is 3.70. The molecule has 0 aliphatic heterocycles. The van der Waals surface area contributed by atoms with Crippen LogP contribution in [0, 0.1) is 11.6 Å². The average molecular weight is 264 g/mol. The molecule has 2 aromatic rings. The van der Waals surface area contributed by atoms with Crippen LogP contribution in [0.1, 0.15) is 10.4 Å². The minimum atomic E-state index is -0.775. The Labute approximate surface area is 108 Å². The molecule has 1 heterocycles. The molecule has 19 heavy (non-hydrogen) atoms. The molecular weight excluding hydrogens is 254 g/mol. The maximum Gasteiger partial charge on any atom is 0.258 e. The molecule has 4 nitrogen and oxygen atoms in total. The van der Waals surface area contributed by atoms with E-state index in [2.05, 4.69) is 10.3 Å². The van der Waals surface area contributed by atoms with Gasteiger partial charge in [-0.1, -0.05) is 0 Å². The second-order valence-electron chi connectivity index (χ2n) is 3.66. The van der Waals surface area contributed by atoms with E-state index >= 15 is 0 Å². The number of benzene rings is 1. The molecule has 0 spiro atoms. The lowest BCUT2D eigenvalue weighted by atomic mass is 10.2. The van der Waals surface area contributed by atoms with Gasteiger partial charge >= 0.3 is 0 Å². The lowest BCUT2D eigenvalue weighted by Crippen LogP contribution is -2.15. The van der Waals surface area contributed by atoms with E-state index in [9.17, 15) is 13.6 Å². The molecule has 0 radical (unpaired) electrons. The zero-order chi connectivity index (χ0) is 13.8. The minimum Gasteiger partial charge on any atom is -0.497 e. The number of rotatable bonds is 3. The van der Waals surface area contributed by atoms with Crippen molar-refractivity contribution in [2.45, 2.75) is 0 Å². The average Bonchev–Trinajstić information content (AvgIpc) is 2.41. The number of amides is 1. The third-order valence-electron chi connectivity index (χ3n) is 2.44. The highest BCUT2D eigenvalue weighted by atomic mass is 19.1. The number of pyridine rings is 1. The van der Waals surface area contributed by atoms with Gasteiger partial charge in [0.05, 0.1) is 24.6 Å². The van der Waals surface area contributed by atoms with Gasteiger partial charge in [-0.2, -0.15) is 0 Å². The summed E-state index contributed by atoms with van der Waals surface area (Å²) in [5, 5.41) is 2.28. The van der Waals surface area contributed by atoms with Crippen molar-refractivity contribution in [1.29, 1.82) is 0 Å². The summed E-state index contributed by atoms with van der Waals surface area (Å²) in [4.78, 5) is 15.3. The predicted octanol–water partition coefficient (Wildman–Crippen LogP) is 2.62. The van der Waals surface area contributed by atoms with E-state index in [4.69, 9.17) is 4.74 Å². The molecule has 0 unspecified atom stereocenters. The van der Waals surface area contributed by atoms with E-state index in [-0.39, 0.29) is 11.3 Å². The molecule has 2 rings (SSSR count). The maximum absolute atomic E-state index is 13.5. The number of methoxy groups -OCH3 is 1. The molecule has 98 valence electrons. The Morgan fingerprint density at radius 3 is 2.74 bits per heavy atom. The summed E-state index contributed by atoms with van der Waals surface area (Å²) < 4.78 is 31.8. The third-order valence-corrected chi connectivity index (χ3v) is 2.44. The maximum atomic E-state index is 13.5. The second kappa shape index (κ2) is 5.43. The van der Waals surface area contributed by atoms with Gasteiger partial charge in [0.1, 0.15) is 11.6 Å². The first kappa shape index (κ1) is 12.9. The topological polar surface area (TPSA) is 51.2 Å². The van der Waals surface area contributed by atoms with Crippen molar-refractivity contribution in [3.05, 3.63) is 53.9 Å². The van der Waals surface area contributed by atoms with Gasteiger partial charge in [-0.05, 0) is 18.2 Å². The van der Waals surface area contributed by atoms with Gasteiger partial charge in [0.2, 0.25) is 0 Å². The molecule has 1 aromatic carbocycles. The molecule has 0 bridgehead atoms. The lowest BCUT2D eigenvalue weighted by Gasteiger charge is -2.08. The van der Waals surface area contributed by atoms with Crippen LogP contribution in [0.15, 0.2) is 36.7 Å². The first-order valence-corrected chi connectivity index (χ1v) is 5.36. The van der Waals surface area contributed by atoms with Crippen molar-refractivity contribution in [1.82, 2.24) is 4.98 Å². The van der Waals surface area contributed by atoms with Gasteiger partial charge in [0.25, 0.3) is 5.91 Å². The number of anilines is 1. The van der Waals surface area contributed by atoms with Crippen molar-refractivity contribution < 1.29 is 18.3 Å². The summed E-state index contributed by atoms with van der Waals surface area (Å²) in [5.41, 5.74) is -0.294. The van der Waals surface area contributed by atoms with Crippen LogP contribution in [-0.2, 0) is 0 Å². The highest BCUT2D eigenvalue weighted by molar-refractivity contribution is 6.04. The molecule has 0 fully saturated rings. The monoisotopic (exact) mass is 264 g/mol. The number of hydrogen-bond donors (Lipinski definition) is 1. The summed E-state index contributed by atoms with van der Waals surface area (Å²) in [6.07, 6.45) is 2.19. The summed E-state index contributed by atoms with van der Waals surface area (Å²) >= 11 is 0. The molecule has 0 saturated carbocycles. The molecule has 1 aromatic heterocycles. The van der Waals surface area contributed by atoms with Gasteiger partial charge in [0, 0.05) is 12.3 Å². The summed E-state index contributed by atoms with van der Waals surface area (Å²) in [7, 11) is 1.42. The third kappa shape index (κ3) is 2.85. The van der Waals surface area contributed by atoms with E-state index in [1.807, 2.05) is 0 Å². The SMILES string of the molecule is COc1ccc(F)c(NC(=O)c2ccncc2F)c1. The first-order valence-electron chi connectivity index (χ1n) is 5.36. The quantitative estimate of drug-likeness (QED) is 0.927. The summed E-state index contributed by atoms with van der Waals surface area (Å²) in [6, 6.07) is 5.09. The Hall–Kier alpha value is -2.50. The minimum absolute atomic E-state index is 0.0828. The zero-order valence-electron chi connectivity index (χ0n) is 9.98. The lowest BCUT2D eigenvalue weighted by molar-refractivity contribution is 0.102. The molecule has 0 aliphatic rings.